The fourth-order valence-corrected chi connectivity index (χ4v) is 3.82. The van der Waals surface area contributed by atoms with Gasteiger partial charge in [0.05, 0.1) is 6.10 Å². The molecule has 0 aromatic heterocycles. The summed E-state index contributed by atoms with van der Waals surface area (Å²) >= 11 is 0. The fraction of sp³-hybridized carbons (Fsp3) is 0.667. The summed E-state index contributed by atoms with van der Waals surface area (Å²) < 4.78 is 0. The third kappa shape index (κ3) is 3.58. The van der Waals surface area contributed by atoms with Gasteiger partial charge in [0.25, 0.3) is 0 Å². The molecular weight excluding hydrogens is 260 g/mol. The summed E-state index contributed by atoms with van der Waals surface area (Å²) in [7, 11) is 0. The highest BCUT2D eigenvalue weighted by molar-refractivity contribution is 5.54. The molecule has 1 atom stereocenters. The number of piperidine rings is 1. The highest BCUT2D eigenvalue weighted by Crippen LogP contribution is 2.30. The predicted molar refractivity (Wildman–Crippen MR) is 87.7 cm³/mol. The molecule has 2 heterocycles. The molecule has 1 aromatic carbocycles. The van der Waals surface area contributed by atoms with Crippen molar-refractivity contribution in [2.45, 2.75) is 38.7 Å². The molecule has 0 bridgehead atoms. The van der Waals surface area contributed by atoms with Gasteiger partial charge in [0.1, 0.15) is 0 Å². The summed E-state index contributed by atoms with van der Waals surface area (Å²) in [6.07, 6.45) is 4.96. The quantitative estimate of drug-likeness (QED) is 0.922. The molecule has 21 heavy (non-hydrogen) atoms. The molecule has 1 aromatic rings. The van der Waals surface area contributed by atoms with Crippen LogP contribution >= 0.6 is 0 Å². The monoisotopic (exact) mass is 288 g/mol. The maximum Gasteiger partial charge on any atom is 0.0781 e. The van der Waals surface area contributed by atoms with E-state index >= 15 is 0 Å². The summed E-state index contributed by atoms with van der Waals surface area (Å²) in [5, 5.41) is 9.94. The lowest BCUT2D eigenvalue weighted by atomic mass is 9.95. The van der Waals surface area contributed by atoms with Crippen molar-refractivity contribution in [1.29, 1.82) is 0 Å². The Hall–Kier alpha value is -1.06. The molecule has 0 spiro atoms. The summed E-state index contributed by atoms with van der Waals surface area (Å²) in [5.74, 6) is 0.859. The Morgan fingerprint density at radius 1 is 1.10 bits per heavy atom. The normalized spacial score (nSPS) is 22.7. The Labute approximate surface area is 128 Å². The molecule has 3 rings (SSSR count). The van der Waals surface area contributed by atoms with Gasteiger partial charge in [-0.3, -0.25) is 0 Å². The first kappa shape index (κ1) is 14.9. The topological polar surface area (TPSA) is 26.7 Å². The molecule has 0 unspecified atom stereocenters. The number of hydrogen-bond donors (Lipinski definition) is 1. The number of benzene rings is 1. The first-order valence-corrected chi connectivity index (χ1v) is 8.48. The minimum atomic E-state index is -0.386. The Morgan fingerprint density at radius 3 is 2.43 bits per heavy atom. The second-order valence-electron chi connectivity index (χ2n) is 6.67. The van der Waals surface area contributed by atoms with Crippen LogP contribution in [0.15, 0.2) is 24.3 Å². The van der Waals surface area contributed by atoms with Crippen molar-refractivity contribution in [1.82, 2.24) is 4.90 Å². The number of para-hydroxylation sites is 1. The first-order chi connectivity index (χ1) is 10.2. The minimum Gasteiger partial charge on any atom is -0.389 e. The van der Waals surface area contributed by atoms with Gasteiger partial charge in [-0.05, 0) is 57.7 Å². The van der Waals surface area contributed by atoms with Gasteiger partial charge < -0.3 is 14.9 Å². The van der Waals surface area contributed by atoms with Crippen molar-refractivity contribution >= 4 is 5.69 Å². The second kappa shape index (κ2) is 6.80. The summed E-state index contributed by atoms with van der Waals surface area (Å²) in [5.41, 5.74) is 2.29. The summed E-state index contributed by atoms with van der Waals surface area (Å²) in [6, 6.07) is 8.31. The van der Waals surface area contributed by atoms with Crippen molar-refractivity contribution in [3.8, 4) is 0 Å². The molecule has 116 valence electrons. The summed E-state index contributed by atoms with van der Waals surface area (Å²) in [4.78, 5) is 5.10. The van der Waals surface area contributed by atoms with Crippen LogP contribution in [0.25, 0.3) is 0 Å². The third-order valence-electron chi connectivity index (χ3n) is 5.06. The van der Waals surface area contributed by atoms with Gasteiger partial charge in [-0.2, -0.15) is 0 Å². The van der Waals surface area contributed by atoms with Crippen LogP contribution in [0.2, 0.25) is 0 Å². The van der Waals surface area contributed by atoms with Crippen LogP contribution in [0, 0.1) is 5.92 Å². The lowest BCUT2D eigenvalue weighted by Crippen LogP contribution is -2.38. The third-order valence-corrected chi connectivity index (χ3v) is 5.06. The largest absolute Gasteiger partial charge is 0.389 e. The zero-order valence-corrected chi connectivity index (χ0v) is 13.2. The number of hydrogen-bond acceptors (Lipinski definition) is 3. The van der Waals surface area contributed by atoms with E-state index in [9.17, 15) is 5.11 Å². The van der Waals surface area contributed by atoms with Gasteiger partial charge in [-0.15, -0.1) is 0 Å². The zero-order valence-electron chi connectivity index (χ0n) is 13.2. The molecule has 2 aliphatic rings. The van der Waals surface area contributed by atoms with E-state index in [1.807, 2.05) is 13.0 Å². The molecule has 0 saturated carbocycles. The van der Waals surface area contributed by atoms with E-state index in [1.54, 1.807) is 0 Å². The first-order valence-electron chi connectivity index (χ1n) is 8.48. The van der Waals surface area contributed by atoms with Crippen LogP contribution in [0.3, 0.4) is 0 Å². The van der Waals surface area contributed by atoms with E-state index in [-0.39, 0.29) is 6.10 Å². The van der Waals surface area contributed by atoms with Crippen LogP contribution in [-0.4, -0.2) is 42.7 Å². The molecule has 2 fully saturated rings. The number of rotatable bonds is 4. The van der Waals surface area contributed by atoms with Gasteiger partial charge in [-0.1, -0.05) is 18.2 Å². The number of nitrogens with zero attached hydrogens (tertiary/aromatic N) is 2. The lowest BCUT2D eigenvalue weighted by Gasteiger charge is -2.36. The van der Waals surface area contributed by atoms with Crippen molar-refractivity contribution < 1.29 is 5.11 Å². The molecule has 0 amide bonds. The van der Waals surface area contributed by atoms with E-state index in [1.165, 1.54) is 51.0 Å². The minimum absolute atomic E-state index is 0.386. The molecule has 0 radical (unpaired) electrons. The molecule has 1 N–H and O–H groups in total. The summed E-state index contributed by atoms with van der Waals surface area (Å²) in [6.45, 7) is 8.03. The highest BCUT2D eigenvalue weighted by Gasteiger charge is 2.24. The number of aliphatic hydroxyl groups is 1. The number of likely N-dealkylation sites (tertiary alicyclic amines) is 1. The lowest BCUT2D eigenvalue weighted by molar-refractivity contribution is 0.199. The van der Waals surface area contributed by atoms with Crippen molar-refractivity contribution in [2.24, 2.45) is 5.92 Å². The fourth-order valence-electron chi connectivity index (χ4n) is 3.82. The van der Waals surface area contributed by atoms with E-state index in [4.69, 9.17) is 0 Å². The SMILES string of the molecule is C[C@@H](O)c1ccccc1N1CCC(CN2CCCC2)CC1. The predicted octanol–water partition coefficient (Wildman–Crippen LogP) is 3.05. The van der Waals surface area contributed by atoms with E-state index in [0.717, 1.165) is 24.6 Å². The van der Waals surface area contributed by atoms with Crippen molar-refractivity contribution in [3.05, 3.63) is 29.8 Å². The van der Waals surface area contributed by atoms with Crippen molar-refractivity contribution in [3.63, 3.8) is 0 Å². The maximum absolute atomic E-state index is 9.94. The second-order valence-corrected chi connectivity index (χ2v) is 6.67. The average molecular weight is 288 g/mol. The Morgan fingerprint density at radius 2 is 1.76 bits per heavy atom. The van der Waals surface area contributed by atoms with E-state index < -0.39 is 0 Å². The van der Waals surface area contributed by atoms with Gasteiger partial charge in [0.15, 0.2) is 0 Å². The Bertz CT molecular complexity index is 446. The van der Waals surface area contributed by atoms with Crippen LogP contribution < -0.4 is 4.90 Å². The highest BCUT2D eigenvalue weighted by atomic mass is 16.3. The Kier molecular flexibility index (Phi) is 4.81. The molecule has 2 aliphatic heterocycles. The molecular formula is C18H28N2O. The smallest absolute Gasteiger partial charge is 0.0781 e. The number of aliphatic hydroxyl groups excluding tert-OH is 1. The van der Waals surface area contributed by atoms with Crippen LogP contribution in [0.5, 0.6) is 0 Å². The van der Waals surface area contributed by atoms with Gasteiger partial charge in [-0.25, -0.2) is 0 Å². The van der Waals surface area contributed by atoms with Crippen LogP contribution in [0.4, 0.5) is 5.69 Å². The van der Waals surface area contributed by atoms with Gasteiger partial charge in [0, 0.05) is 30.9 Å². The zero-order chi connectivity index (χ0) is 14.7. The standard InChI is InChI=1S/C18H28N2O/c1-15(21)17-6-2-3-7-18(17)20-12-8-16(9-13-20)14-19-10-4-5-11-19/h2-3,6-7,15-16,21H,4-5,8-14H2,1H3/t15-/m1/s1. The van der Waals surface area contributed by atoms with Crippen LogP contribution in [-0.2, 0) is 0 Å². The molecule has 0 aliphatic carbocycles. The van der Waals surface area contributed by atoms with Crippen LogP contribution in [0.1, 0.15) is 44.3 Å². The molecule has 3 heteroatoms. The van der Waals surface area contributed by atoms with Gasteiger partial charge in [0.2, 0.25) is 0 Å². The maximum atomic E-state index is 9.94. The van der Waals surface area contributed by atoms with Gasteiger partial charge >= 0.3 is 0 Å². The number of anilines is 1. The Balaban J connectivity index is 1.58. The van der Waals surface area contributed by atoms with E-state index in [2.05, 4.69) is 28.0 Å². The average Bonchev–Trinajstić information content (AvgIpc) is 3.01. The van der Waals surface area contributed by atoms with Crippen molar-refractivity contribution in [2.75, 3.05) is 37.6 Å². The molecule has 3 nitrogen and oxygen atoms in total. The van der Waals surface area contributed by atoms with E-state index in [0.29, 0.717) is 0 Å². The molecule has 2 saturated heterocycles.